The highest BCUT2D eigenvalue weighted by molar-refractivity contribution is 7.10. The number of thiophene rings is 1. The molecule has 1 aromatic heterocycles. The highest BCUT2D eigenvalue weighted by atomic mass is 32.1. The lowest BCUT2D eigenvalue weighted by Crippen LogP contribution is -2.48. The summed E-state index contributed by atoms with van der Waals surface area (Å²) in [5.74, 6) is -0.0307. The molecule has 1 unspecified atom stereocenters. The lowest BCUT2D eigenvalue weighted by molar-refractivity contribution is -0.135. The summed E-state index contributed by atoms with van der Waals surface area (Å²) in [7, 11) is 0. The number of nitrogens with zero attached hydrogens (tertiary/aromatic N) is 2. The first-order valence-corrected chi connectivity index (χ1v) is 12.8. The minimum absolute atomic E-state index is 0.0615. The zero-order valence-electron chi connectivity index (χ0n) is 20.4. The minimum atomic E-state index is -0.471. The van der Waals surface area contributed by atoms with Crippen LogP contribution in [0.5, 0.6) is 5.75 Å². The van der Waals surface area contributed by atoms with Crippen molar-refractivity contribution in [1.29, 1.82) is 0 Å². The second-order valence-electron chi connectivity index (χ2n) is 9.37. The Morgan fingerprint density at radius 3 is 2.66 bits per heavy atom. The molecule has 1 atom stereocenters. The molecule has 5 nitrogen and oxygen atoms in total. The van der Waals surface area contributed by atoms with E-state index in [0.717, 1.165) is 23.3 Å². The first-order chi connectivity index (χ1) is 16.8. The summed E-state index contributed by atoms with van der Waals surface area (Å²) >= 11 is 1.70. The third kappa shape index (κ3) is 6.09. The molecule has 2 aromatic carbocycles. The highest BCUT2D eigenvalue weighted by Crippen LogP contribution is 2.34. The molecular formula is C28H31FN2O3S. The number of rotatable bonds is 8. The molecule has 2 heterocycles. The van der Waals surface area contributed by atoms with Crippen molar-refractivity contribution in [1.82, 2.24) is 9.80 Å². The fourth-order valence-corrected chi connectivity index (χ4v) is 5.33. The van der Waals surface area contributed by atoms with Crippen LogP contribution < -0.4 is 4.74 Å². The summed E-state index contributed by atoms with van der Waals surface area (Å²) in [6, 6.07) is 15.3. The third-order valence-corrected chi connectivity index (χ3v) is 7.11. The van der Waals surface area contributed by atoms with E-state index in [4.69, 9.17) is 4.74 Å². The van der Waals surface area contributed by atoms with E-state index in [9.17, 15) is 14.0 Å². The highest BCUT2D eigenvalue weighted by Gasteiger charge is 2.33. The third-order valence-electron chi connectivity index (χ3n) is 6.11. The van der Waals surface area contributed by atoms with E-state index >= 15 is 0 Å². The van der Waals surface area contributed by atoms with Gasteiger partial charge < -0.3 is 14.5 Å². The minimum Gasteiger partial charge on any atom is -0.491 e. The van der Waals surface area contributed by atoms with E-state index in [0.29, 0.717) is 19.7 Å². The zero-order valence-corrected chi connectivity index (χ0v) is 21.2. The molecule has 0 bridgehead atoms. The van der Waals surface area contributed by atoms with Crippen LogP contribution in [0.2, 0.25) is 0 Å². The monoisotopic (exact) mass is 494 g/mol. The van der Waals surface area contributed by atoms with Gasteiger partial charge in [-0.05, 0) is 66.6 Å². The number of carbonyl (C=O) groups excluding carboxylic acids is 2. The molecule has 2 amide bonds. The summed E-state index contributed by atoms with van der Waals surface area (Å²) in [6.45, 7) is 7.26. The largest absolute Gasteiger partial charge is 0.491 e. The van der Waals surface area contributed by atoms with Crippen molar-refractivity contribution in [3.63, 3.8) is 0 Å². The number of amides is 2. The van der Waals surface area contributed by atoms with Crippen LogP contribution in [0.4, 0.5) is 4.39 Å². The fourth-order valence-electron chi connectivity index (χ4n) is 4.40. The maximum Gasteiger partial charge on any atom is 0.254 e. The van der Waals surface area contributed by atoms with Gasteiger partial charge in [-0.1, -0.05) is 37.6 Å². The SMILES string of the molecule is Cc1ccc(OCC2c3ccsc3CCN2C(=O)CN(CC(C)C)C(=O)c2cccc(F)c2)cc1. The number of ether oxygens (including phenoxy) is 1. The number of halogens is 1. The van der Waals surface area contributed by atoms with Crippen LogP contribution in [0.3, 0.4) is 0 Å². The van der Waals surface area contributed by atoms with Crippen LogP contribution in [-0.4, -0.2) is 47.9 Å². The van der Waals surface area contributed by atoms with Gasteiger partial charge in [0.2, 0.25) is 5.91 Å². The van der Waals surface area contributed by atoms with Crippen LogP contribution >= 0.6 is 11.3 Å². The Hall–Kier alpha value is -3.19. The second kappa shape index (κ2) is 11.0. The molecular weight excluding hydrogens is 463 g/mol. The molecule has 3 aromatic rings. The number of hydrogen-bond acceptors (Lipinski definition) is 4. The second-order valence-corrected chi connectivity index (χ2v) is 10.4. The molecule has 0 N–H and O–H groups in total. The van der Waals surface area contributed by atoms with E-state index < -0.39 is 5.82 Å². The summed E-state index contributed by atoms with van der Waals surface area (Å²) in [5.41, 5.74) is 2.50. The number of aryl methyl sites for hydroxylation is 1. The molecule has 7 heteroatoms. The van der Waals surface area contributed by atoms with Crippen LogP contribution in [-0.2, 0) is 11.2 Å². The smallest absolute Gasteiger partial charge is 0.254 e. The van der Waals surface area contributed by atoms with Crippen LogP contribution in [0.15, 0.2) is 60.0 Å². The normalized spacial score (nSPS) is 15.1. The van der Waals surface area contributed by atoms with Crippen LogP contribution in [0.25, 0.3) is 0 Å². The molecule has 4 rings (SSSR count). The molecule has 1 aliphatic heterocycles. The maximum absolute atomic E-state index is 13.8. The van der Waals surface area contributed by atoms with Gasteiger partial charge in [0.15, 0.2) is 0 Å². The zero-order chi connectivity index (χ0) is 24.9. The van der Waals surface area contributed by atoms with Crippen molar-refractivity contribution in [2.24, 2.45) is 5.92 Å². The lowest BCUT2D eigenvalue weighted by atomic mass is 10.00. The van der Waals surface area contributed by atoms with Gasteiger partial charge in [-0.2, -0.15) is 0 Å². The topological polar surface area (TPSA) is 49.9 Å². The average Bonchev–Trinajstić information content (AvgIpc) is 3.31. The number of hydrogen-bond donors (Lipinski definition) is 0. The molecule has 0 fully saturated rings. The van der Waals surface area contributed by atoms with E-state index in [-0.39, 0.29) is 35.9 Å². The molecule has 0 radical (unpaired) electrons. The van der Waals surface area contributed by atoms with E-state index in [1.54, 1.807) is 17.4 Å². The lowest BCUT2D eigenvalue weighted by Gasteiger charge is -2.37. The molecule has 0 aliphatic carbocycles. The quantitative estimate of drug-likeness (QED) is 0.416. The Labute approximate surface area is 210 Å². The van der Waals surface area contributed by atoms with E-state index in [1.165, 1.54) is 28.0 Å². The van der Waals surface area contributed by atoms with Gasteiger partial charge in [-0.25, -0.2) is 4.39 Å². The Balaban J connectivity index is 1.53. The first-order valence-electron chi connectivity index (χ1n) is 11.9. The Morgan fingerprint density at radius 1 is 1.17 bits per heavy atom. The summed E-state index contributed by atoms with van der Waals surface area (Å²) < 4.78 is 19.9. The number of benzene rings is 2. The van der Waals surface area contributed by atoms with Crippen LogP contribution in [0, 0.1) is 18.7 Å². The van der Waals surface area contributed by atoms with E-state index in [2.05, 4.69) is 11.4 Å². The molecule has 0 saturated heterocycles. The molecule has 0 saturated carbocycles. The van der Waals surface area contributed by atoms with Gasteiger partial charge in [0.25, 0.3) is 5.91 Å². The standard InChI is InChI=1S/C28H31FN2O3S/c1-19(2)16-30(28(33)21-5-4-6-22(29)15-21)17-27(32)31-13-11-26-24(12-14-35-26)25(31)18-34-23-9-7-20(3)8-10-23/h4-10,12,14-15,19,25H,11,13,16-18H2,1-3H3. The van der Waals surface area contributed by atoms with Gasteiger partial charge in [0.1, 0.15) is 24.7 Å². The van der Waals surface area contributed by atoms with Crippen molar-refractivity contribution in [2.45, 2.75) is 33.2 Å². The van der Waals surface area contributed by atoms with Gasteiger partial charge in [0, 0.05) is 23.5 Å². The van der Waals surface area contributed by atoms with Crippen molar-refractivity contribution in [2.75, 3.05) is 26.2 Å². The predicted octanol–water partition coefficient (Wildman–Crippen LogP) is 5.50. The van der Waals surface area contributed by atoms with Gasteiger partial charge in [-0.15, -0.1) is 11.3 Å². The predicted molar refractivity (Wildman–Crippen MR) is 136 cm³/mol. The Bertz CT molecular complexity index is 1170. The fraction of sp³-hybridized carbons (Fsp3) is 0.357. The first kappa shape index (κ1) is 24.9. The number of fused-ring (bicyclic) bond motifs is 1. The van der Waals surface area contributed by atoms with Crippen LogP contribution in [0.1, 0.15) is 46.3 Å². The van der Waals surface area contributed by atoms with Crippen molar-refractivity contribution in [3.05, 3.63) is 87.4 Å². The van der Waals surface area contributed by atoms with E-state index in [1.807, 2.05) is 49.9 Å². The molecule has 184 valence electrons. The Kier molecular flexibility index (Phi) is 7.86. The average molecular weight is 495 g/mol. The molecule has 1 aliphatic rings. The summed E-state index contributed by atoms with van der Waals surface area (Å²) in [6.07, 6.45) is 0.780. The van der Waals surface area contributed by atoms with Crippen molar-refractivity contribution in [3.8, 4) is 5.75 Å². The van der Waals surface area contributed by atoms with Crippen molar-refractivity contribution >= 4 is 23.2 Å². The molecule has 35 heavy (non-hydrogen) atoms. The Morgan fingerprint density at radius 2 is 1.94 bits per heavy atom. The van der Waals surface area contributed by atoms with Crippen molar-refractivity contribution < 1.29 is 18.7 Å². The maximum atomic E-state index is 13.8. The summed E-state index contributed by atoms with van der Waals surface area (Å²) in [4.78, 5) is 31.4. The van der Waals surface area contributed by atoms with Gasteiger partial charge in [-0.3, -0.25) is 9.59 Å². The van der Waals surface area contributed by atoms with Gasteiger partial charge >= 0.3 is 0 Å². The van der Waals surface area contributed by atoms with Gasteiger partial charge in [0.05, 0.1) is 6.04 Å². The summed E-state index contributed by atoms with van der Waals surface area (Å²) in [5, 5.41) is 2.05. The molecule has 0 spiro atoms. The number of carbonyl (C=O) groups is 2.